The van der Waals surface area contributed by atoms with Crippen LogP contribution in [0.15, 0.2) is 72.9 Å². The third-order valence-electron chi connectivity index (χ3n) is 3.20. The van der Waals surface area contributed by atoms with E-state index >= 15 is 0 Å². The molecule has 1 N–H and O–H groups in total. The molecule has 1 heterocycles. The van der Waals surface area contributed by atoms with Gasteiger partial charge in [0, 0.05) is 6.20 Å². The summed E-state index contributed by atoms with van der Waals surface area (Å²) in [6.07, 6.45) is 1.57. The van der Waals surface area contributed by atoms with Gasteiger partial charge in [0.2, 0.25) is 0 Å². The van der Waals surface area contributed by atoms with E-state index in [1.807, 2.05) is 54.6 Å². The van der Waals surface area contributed by atoms with E-state index < -0.39 is 5.97 Å². The zero-order chi connectivity index (χ0) is 16.1. The highest BCUT2D eigenvalue weighted by Gasteiger charge is 2.09. The predicted octanol–water partition coefficient (Wildman–Crippen LogP) is 3.61. The first kappa shape index (κ1) is 14.7. The van der Waals surface area contributed by atoms with Crippen LogP contribution in [-0.4, -0.2) is 15.8 Å². The molecule has 1 aromatic heterocycles. The Labute approximate surface area is 133 Å². The lowest BCUT2D eigenvalue weighted by Gasteiger charge is -2.10. The Morgan fingerprint density at radius 3 is 2.30 bits per heavy atom. The Balaban J connectivity index is 1.61. The Kier molecular flexibility index (Phi) is 4.29. The molecule has 0 saturated carbocycles. The molecule has 0 spiro atoms. The van der Waals surface area contributed by atoms with E-state index in [1.54, 1.807) is 12.3 Å². The van der Waals surface area contributed by atoms with Gasteiger partial charge in [-0.25, -0.2) is 4.79 Å². The Morgan fingerprint density at radius 2 is 1.61 bits per heavy atom. The molecule has 23 heavy (non-hydrogen) atoms. The number of benzene rings is 2. The number of nitrogens with zero attached hydrogens (tertiary/aromatic N) is 1. The lowest BCUT2D eigenvalue weighted by Crippen LogP contribution is -2.16. The van der Waals surface area contributed by atoms with Crippen LogP contribution in [0.5, 0.6) is 11.5 Å². The van der Waals surface area contributed by atoms with Crippen molar-refractivity contribution >= 4 is 5.97 Å². The van der Waals surface area contributed by atoms with Crippen LogP contribution < -0.4 is 9.57 Å². The maximum atomic E-state index is 11.0. The van der Waals surface area contributed by atoms with Gasteiger partial charge >= 0.3 is 5.97 Å². The molecule has 0 amide bonds. The van der Waals surface area contributed by atoms with Crippen LogP contribution >= 0.6 is 0 Å². The quantitative estimate of drug-likeness (QED) is 0.755. The second-order valence-corrected chi connectivity index (χ2v) is 4.86. The topological polar surface area (TPSA) is 60.7 Å². The number of ether oxygens (including phenoxy) is 1. The lowest BCUT2D eigenvalue weighted by atomic mass is 10.2. The molecular weight excluding hydrogens is 294 g/mol. The standard InChI is InChI=1S/C18H15NO4/c20-18(21)17-7-4-12-19(17)22-13-14-8-10-16(11-9-14)23-15-5-2-1-3-6-15/h1-12H,13H2,(H,20,21). The summed E-state index contributed by atoms with van der Waals surface area (Å²) in [5.74, 6) is 0.476. The van der Waals surface area contributed by atoms with E-state index in [0.29, 0.717) is 0 Å². The van der Waals surface area contributed by atoms with E-state index in [0.717, 1.165) is 17.1 Å². The molecular formula is C18H15NO4. The van der Waals surface area contributed by atoms with Gasteiger partial charge in [-0.15, -0.1) is 0 Å². The van der Waals surface area contributed by atoms with E-state index in [9.17, 15) is 4.79 Å². The number of carboxylic acid groups (broad SMARTS) is 1. The van der Waals surface area contributed by atoms with Crippen LogP contribution in [0.2, 0.25) is 0 Å². The summed E-state index contributed by atoms with van der Waals surface area (Å²) in [5.41, 5.74) is 1.00. The number of hydrogen-bond acceptors (Lipinski definition) is 3. The van der Waals surface area contributed by atoms with Crippen molar-refractivity contribution in [3.05, 3.63) is 84.2 Å². The highest BCUT2D eigenvalue weighted by molar-refractivity contribution is 5.85. The molecule has 0 aliphatic rings. The zero-order valence-electron chi connectivity index (χ0n) is 12.3. The molecule has 116 valence electrons. The molecule has 0 aliphatic carbocycles. The van der Waals surface area contributed by atoms with Gasteiger partial charge in [0.1, 0.15) is 18.1 Å². The zero-order valence-corrected chi connectivity index (χ0v) is 12.3. The highest BCUT2D eigenvalue weighted by Crippen LogP contribution is 2.21. The number of carboxylic acids is 1. The second kappa shape index (κ2) is 6.70. The van der Waals surface area contributed by atoms with Gasteiger partial charge in [-0.1, -0.05) is 30.3 Å². The Hall–Kier alpha value is -3.21. The molecule has 3 rings (SSSR count). The maximum Gasteiger partial charge on any atom is 0.355 e. The Morgan fingerprint density at radius 1 is 0.913 bits per heavy atom. The number of para-hydroxylation sites is 1. The van der Waals surface area contributed by atoms with Crippen molar-refractivity contribution in [1.29, 1.82) is 0 Å². The average Bonchev–Trinajstić information content (AvgIpc) is 3.04. The molecule has 0 unspecified atom stereocenters. The molecule has 3 aromatic rings. The van der Waals surface area contributed by atoms with Crippen molar-refractivity contribution in [1.82, 2.24) is 4.73 Å². The van der Waals surface area contributed by atoms with Crippen LogP contribution in [0.25, 0.3) is 0 Å². The monoisotopic (exact) mass is 309 g/mol. The minimum atomic E-state index is -1.03. The van der Waals surface area contributed by atoms with E-state index in [-0.39, 0.29) is 12.3 Å². The Bertz CT molecular complexity index is 778. The first-order chi connectivity index (χ1) is 11.2. The summed E-state index contributed by atoms with van der Waals surface area (Å²) in [6.45, 7) is 0.264. The van der Waals surface area contributed by atoms with Crippen molar-refractivity contribution in [2.45, 2.75) is 6.61 Å². The third-order valence-corrected chi connectivity index (χ3v) is 3.20. The summed E-state index contributed by atoms with van der Waals surface area (Å²) in [5, 5.41) is 9.01. The van der Waals surface area contributed by atoms with Gasteiger partial charge in [0.15, 0.2) is 5.69 Å². The SMILES string of the molecule is O=C(O)c1cccn1OCc1ccc(Oc2ccccc2)cc1. The molecule has 0 fully saturated rings. The summed E-state index contributed by atoms with van der Waals surface area (Å²) >= 11 is 0. The molecule has 5 heteroatoms. The van der Waals surface area contributed by atoms with Crippen molar-refractivity contribution in [3.8, 4) is 11.5 Å². The number of aromatic carboxylic acids is 1. The summed E-state index contributed by atoms with van der Waals surface area (Å²) in [4.78, 5) is 16.5. The maximum absolute atomic E-state index is 11.0. The van der Waals surface area contributed by atoms with Gasteiger partial charge in [-0.2, -0.15) is 4.73 Å². The fraction of sp³-hybridized carbons (Fsp3) is 0.0556. The lowest BCUT2D eigenvalue weighted by molar-refractivity contribution is 0.0568. The van der Waals surface area contributed by atoms with Crippen LogP contribution in [0.4, 0.5) is 0 Å². The van der Waals surface area contributed by atoms with Crippen molar-refractivity contribution in [2.24, 2.45) is 0 Å². The summed E-state index contributed by atoms with van der Waals surface area (Å²) < 4.78 is 6.96. The number of carbonyl (C=O) groups is 1. The van der Waals surface area contributed by atoms with Crippen LogP contribution in [0.3, 0.4) is 0 Å². The van der Waals surface area contributed by atoms with Gasteiger partial charge in [-0.05, 0) is 42.0 Å². The van der Waals surface area contributed by atoms with Crippen LogP contribution in [-0.2, 0) is 6.61 Å². The second-order valence-electron chi connectivity index (χ2n) is 4.86. The van der Waals surface area contributed by atoms with Gasteiger partial charge in [-0.3, -0.25) is 0 Å². The smallest absolute Gasteiger partial charge is 0.355 e. The van der Waals surface area contributed by atoms with Crippen LogP contribution in [0, 0.1) is 0 Å². The normalized spacial score (nSPS) is 10.3. The van der Waals surface area contributed by atoms with E-state index in [1.165, 1.54) is 10.8 Å². The largest absolute Gasteiger partial charge is 0.476 e. The third kappa shape index (κ3) is 3.71. The van der Waals surface area contributed by atoms with Gasteiger partial charge in [0.25, 0.3) is 0 Å². The van der Waals surface area contributed by atoms with Crippen molar-refractivity contribution in [2.75, 3.05) is 0 Å². The first-order valence-corrected chi connectivity index (χ1v) is 7.08. The van der Waals surface area contributed by atoms with Crippen LogP contribution in [0.1, 0.15) is 16.1 Å². The van der Waals surface area contributed by atoms with Crippen molar-refractivity contribution in [3.63, 3.8) is 0 Å². The molecule has 2 aromatic carbocycles. The molecule has 0 saturated heterocycles. The van der Waals surface area contributed by atoms with Gasteiger partial charge in [0.05, 0.1) is 0 Å². The number of rotatable bonds is 6. The molecule has 0 aliphatic heterocycles. The van der Waals surface area contributed by atoms with E-state index in [4.69, 9.17) is 14.7 Å². The number of aromatic nitrogens is 1. The summed E-state index contributed by atoms with van der Waals surface area (Å²) in [6, 6.07) is 20.1. The highest BCUT2D eigenvalue weighted by atomic mass is 16.7. The first-order valence-electron chi connectivity index (χ1n) is 7.08. The molecule has 0 atom stereocenters. The minimum absolute atomic E-state index is 0.0917. The fourth-order valence-electron chi connectivity index (χ4n) is 2.07. The fourth-order valence-corrected chi connectivity index (χ4v) is 2.07. The molecule has 0 bridgehead atoms. The molecule has 0 radical (unpaired) electrons. The molecule has 5 nitrogen and oxygen atoms in total. The summed E-state index contributed by atoms with van der Waals surface area (Å²) in [7, 11) is 0. The average molecular weight is 309 g/mol. The number of hydrogen-bond donors (Lipinski definition) is 1. The predicted molar refractivity (Wildman–Crippen MR) is 84.6 cm³/mol. The minimum Gasteiger partial charge on any atom is -0.476 e. The van der Waals surface area contributed by atoms with Gasteiger partial charge < -0.3 is 14.7 Å². The van der Waals surface area contributed by atoms with E-state index in [2.05, 4.69) is 0 Å². The van der Waals surface area contributed by atoms with Crippen molar-refractivity contribution < 1.29 is 19.5 Å².